The van der Waals surface area contributed by atoms with Crippen molar-refractivity contribution in [3.63, 3.8) is 0 Å². The molecule has 0 saturated carbocycles. The molecule has 17 heavy (non-hydrogen) atoms. The Kier molecular flexibility index (Phi) is 3.28. The average molecular weight is 228 g/mol. The van der Waals surface area contributed by atoms with Gasteiger partial charge in [0.05, 0.1) is 12.3 Å². The highest BCUT2D eigenvalue weighted by atomic mass is 16.5. The molecule has 0 aliphatic rings. The summed E-state index contributed by atoms with van der Waals surface area (Å²) >= 11 is 0. The van der Waals surface area contributed by atoms with Crippen LogP contribution in [0, 0.1) is 0 Å². The third-order valence-corrected chi connectivity index (χ3v) is 2.50. The zero-order valence-corrected chi connectivity index (χ0v) is 10.1. The van der Waals surface area contributed by atoms with Crippen LogP contribution in [0.2, 0.25) is 0 Å². The van der Waals surface area contributed by atoms with Crippen molar-refractivity contribution in [1.82, 2.24) is 0 Å². The zero-order chi connectivity index (χ0) is 12.3. The molecule has 0 aliphatic carbocycles. The van der Waals surface area contributed by atoms with Gasteiger partial charge >= 0.3 is 0 Å². The van der Waals surface area contributed by atoms with E-state index in [0.29, 0.717) is 0 Å². The van der Waals surface area contributed by atoms with Crippen molar-refractivity contribution in [3.05, 3.63) is 42.0 Å². The third kappa shape index (κ3) is 2.38. The molecule has 0 fully saturated rings. The van der Waals surface area contributed by atoms with Crippen LogP contribution in [-0.4, -0.2) is 12.3 Å². The van der Waals surface area contributed by atoms with Gasteiger partial charge in [-0.1, -0.05) is 30.3 Å². The molecule has 0 aliphatic heterocycles. The molecule has 2 aromatic rings. The van der Waals surface area contributed by atoms with E-state index < -0.39 is 0 Å². The quantitative estimate of drug-likeness (QED) is 0.499. The predicted octanol–water partition coefficient (Wildman–Crippen LogP) is 2.92. The molecule has 0 spiro atoms. The molecule has 88 valence electrons. The Morgan fingerprint density at radius 2 is 1.94 bits per heavy atom. The largest absolute Gasteiger partial charge is 0.490 e. The van der Waals surface area contributed by atoms with Crippen LogP contribution in [0.1, 0.15) is 19.4 Å². The summed E-state index contributed by atoms with van der Waals surface area (Å²) in [5.41, 5.74) is 0.930. The maximum Gasteiger partial charge on any atom is 0.129 e. The van der Waals surface area contributed by atoms with Gasteiger partial charge in [-0.25, -0.2) is 0 Å². The number of hydrazone groups is 1. The Morgan fingerprint density at radius 3 is 2.65 bits per heavy atom. The minimum absolute atomic E-state index is 0.126. The first-order valence-electron chi connectivity index (χ1n) is 5.64. The number of hydrogen-bond donors (Lipinski definition) is 1. The fourth-order valence-electron chi connectivity index (χ4n) is 1.84. The fourth-order valence-corrected chi connectivity index (χ4v) is 1.84. The molecular formula is C14H16N2O. The van der Waals surface area contributed by atoms with Gasteiger partial charge in [0.1, 0.15) is 5.75 Å². The second-order valence-corrected chi connectivity index (χ2v) is 4.14. The molecule has 2 N–H and O–H groups in total. The van der Waals surface area contributed by atoms with Crippen molar-refractivity contribution < 1.29 is 4.74 Å². The molecular weight excluding hydrogens is 212 g/mol. The first-order chi connectivity index (χ1) is 8.22. The van der Waals surface area contributed by atoms with E-state index in [9.17, 15) is 0 Å². The molecule has 3 heteroatoms. The van der Waals surface area contributed by atoms with E-state index in [1.165, 1.54) is 0 Å². The van der Waals surface area contributed by atoms with Crippen LogP contribution in [0.3, 0.4) is 0 Å². The third-order valence-electron chi connectivity index (χ3n) is 2.50. The van der Waals surface area contributed by atoms with Gasteiger partial charge in [0.2, 0.25) is 0 Å². The minimum Gasteiger partial charge on any atom is -0.490 e. The lowest BCUT2D eigenvalue weighted by Gasteiger charge is -2.13. The average Bonchev–Trinajstić information content (AvgIpc) is 2.32. The summed E-state index contributed by atoms with van der Waals surface area (Å²) < 4.78 is 5.76. The van der Waals surface area contributed by atoms with E-state index in [1.54, 1.807) is 6.21 Å². The Morgan fingerprint density at radius 1 is 1.18 bits per heavy atom. The van der Waals surface area contributed by atoms with Crippen LogP contribution in [0.4, 0.5) is 0 Å². The normalized spacial score (nSPS) is 11.5. The second kappa shape index (κ2) is 4.87. The van der Waals surface area contributed by atoms with Crippen LogP contribution in [0.15, 0.2) is 41.5 Å². The van der Waals surface area contributed by atoms with E-state index in [4.69, 9.17) is 10.6 Å². The highest BCUT2D eigenvalue weighted by molar-refractivity contribution is 6.02. The zero-order valence-electron chi connectivity index (χ0n) is 10.1. The van der Waals surface area contributed by atoms with Crippen molar-refractivity contribution in [2.75, 3.05) is 0 Å². The molecule has 2 aromatic carbocycles. The van der Waals surface area contributed by atoms with E-state index in [2.05, 4.69) is 11.2 Å². The number of nitrogens with zero attached hydrogens (tertiary/aromatic N) is 1. The standard InChI is InChI=1S/C14H16N2O/c1-10(2)17-14-8-7-11-5-3-4-6-12(11)13(14)9-16-15/h3-10H,15H2,1-2H3. The van der Waals surface area contributed by atoms with Crippen LogP contribution in [0.25, 0.3) is 10.8 Å². The monoisotopic (exact) mass is 228 g/mol. The highest BCUT2D eigenvalue weighted by Gasteiger charge is 2.08. The molecule has 0 saturated heterocycles. The molecule has 0 aromatic heterocycles. The van der Waals surface area contributed by atoms with Crippen molar-refractivity contribution >= 4 is 17.0 Å². The summed E-state index contributed by atoms with van der Waals surface area (Å²) in [5, 5.41) is 5.87. The highest BCUT2D eigenvalue weighted by Crippen LogP contribution is 2.27. The first kappa shape index (κ1) is 11.5. The first-order valence-corrected chi connectivity index (χ1v) is 5.64. The number of hydrogen-bond acceptors (Lipinski definition) is 3. The summed E-state index contributed by atoms with van der Waals surface area (Å²) in [4.78, 5) is 0. The lowest BCUT2D eigenvalue weighted by Crippen LogP contribution is -2.07. The smallest absolute Gasteiger partial charge is 0.129 e. The maximum atomic E-state index is 5.76. The number of fused-ring (bicyclic) bond motifs is 1. The van der Waals surface area contributed by atoms with Gasteiger partial charge in [-0.15, -0.1) is 0 Å². The molecule has 0 atom stereocenters. The van der Waals surface area contributed by atoms with Crippen LogP contribution >= 0.6 is 0 Å². The summed E-state index contributed by atoms with van der Waals surface area (Å²) in [7, 11) is 0. The summed E-state index contributed by atoms with van der Waals surface area (Å²) in [6.07, 6.45) is 1.76. The molecule has 2 rings (SSSR count). The van der Waals surface area contributed by atoms with Crippen molar-refractivity contribution in [3.8, 4) is 5.75 Å². The van der Waals surface area contributed by atoms with Crippen molar-refractivity contribution in [1.29, 1.82) is 0 Å². The Labute approximate surface area is 101 Å². The van der Waals surface area contributed by atoms with Crippen LogP contribution < -0.4 is 10.6 Å². The molecule has 0 amide bonds. The van der Waals surface area contributed by atoms with Gasteiger partial charge < -0.3 is 10.6 Å². The lowest BCUT2D eigenvalue weighted by atomic mass is 10.0. The second-order valence-electron chi connectivity index (χ2n) is 4.14. The Bertz CT molecular complexity index is 547. The number of benzene rings is 2. The van der Waals surface area contributed by atoms with E-state index in [-0.39, 0.29) is 6.10 Å². The lowest BCUT2D eigenvalue weighted by molar-refractivity contribution is 0.242. The maximum absolute atomic E-state index is 5.76. The SMILES string of the molecule is CC(C)Oc1ccc2ccccc2c1C=NN. The van der Waals surface area contributed by atoms with E-state index in [1.807, 2.05) is 44.2 Å². The number of ether oxygens (including phenoxy) is 1. The van der Waals surface area contributed by atoms with Gasteiger partial charge in [-0.2, -0.15) is 5.10 Å². The molecule has 0 unspecified atom stereocenters. The number of nitrogens with two attached hydrogens (primary N) is 1. The van der Waals surface area contributed by atoms with Gasteiger partial charge in [0.15, 0.2) is 0 Å². The fraction of sp³-hybridized carbons (Fsp3) is 0.214. The Balaban J connectivity index is 2.63. The molecule has 0 heterocycles. The Hall–Kier alpha value is -2.03. The van der Waals surface area contributed by atoms with Crippen LogP contribution in [0.5, 0.6) is 5.75 Å². The molecule has 0 radical (unpaired) electrons. The summed E-state index contributed by atoms with van der Waals surface area (Å²) in [6, 6.07) is 12.1. The van der Waals surface area contributed by atoms with Crippen molar-refractivity contribution in [2.24, 2.45) is 10.9 Å². The van der Waals surface area contributed by atoms with Gasteiger partial charge in [-0.3, -0.25) is 0 Å². The summed E-state index contributed by atoms with van der Waals surface area (Å²) in [5.74, 6) is 6.08. The van der Waals surface area contributed by atoms with Crippen molar-refractivity contribution in [2.45, 2.75) is 20.0 Å². The minimum atomic E-state index is 0.126. The van der Waals surface area contributed by atoms with Gasteiger partial charge in [-0.05, 0) is 30.7 Å². The summed E-state index contributed by atoms with van der Waals surface area (Å²) in [6.45, 7) is 4.00. The van der Waals surface area contributed by atoms with Gasteiger partial charge in [0, 0.05) is 5.56 Å². The van der Waals surface area contributed by atoms with E-state index in [0.717, 1.165) is 22.1 Å². The van der Waals surface area contributed by atoms with Gasteiger partial charge in [0.25, 0.3) is 0 Å². The molecule has 3 nitrogen and oxygen atoms in total. The number of rotatable bonds is 3. The van der Waals surface area contributed by atoms with Crippen LogP contribution in [-0.2, 0) is 0 Å². The predicted molar refractivity (Wildman–Crippen MR) is 71.5 cm³/mol. The molecule has 0 bridgehead atoms. The van der Waals surface area contributed by atoms with E-state index >= 15 is 0 Å². The topological polar surface area (TPSA) is 47.6 Å².